The summed E-state index contributed by atoms with van der Waals surface area (Å²) in [5.41, 5.74) is 4.25. The van der Waals surface area contributed by atoms with Crippen molar-refractivity contribution in [3.05, 3.63) is 59.2 Å². The summed E-state index contributed by atoms with van der Waals surface area (Å²) < 4.78 is 10.6. The minimum Gasteiger partial charge on any atom is -0.493 e. The first-order valence-electron chi connectivity index (χ1n) is 10.3. The molecule has 2 heterocycles. The number of ether oxygens (including phenoxy) is 2. The number of methoxy groups -OCH3 is 2. The van der Waals surface area contributed by atoms with Crippen LogP contribution in [0.3, 0.4) is 0 Å². The maximum Gasteiger partial charge on any atom is 0.161 e. The van der Waals surface area contributed by atoms with Gasteiger partial charge < -0.3 is 19.3 Å². The molecule has 2 aromatic rings. The molecule has 0 unspecified atom stereocenters. The number of rotatable bonds is 3. The van der Waals surface area contributed by atoms with Crippen molar-refractivity contribution in [3.8, 4) is 11.5 Å². The van der Waals surface area contributed by atoms with Crippen LogP contribution in [-0.4, -0.2) is 57.7 Å². The largest absolute Gasteiger partial charge is 0.493 e. The molecule has 0 bridgehead atoms. The van der Waals surface area contributed by atoms with E-state index in [0.29, 0.717) is 0 Å². The summed E-state index contributed by atoms with van der Waals surface area (Å²) in [5.74, 6) is 2.46. The van der Waals surface area contributed by atoms with Crippen molar-refractivity contribution in [2.45, 2.75) is 39.2 Å². The molecule has 1 fully saturated rings. The summed E-state index contributed by atoms with van der Waals surface area (Å²) >= 11 is 0. The van der Waals surface area contributed by atoms with E-state index < -0.39 is 0 Å². The molecule has 0 aromatic heterocycles. The summed E-state index contributed by atoms with van der Waals surface area (Å²) in [6.07, 6.45) is 3.73. The molecule has 0 spiro atoms. The molecule has 4 rings (SSSR count). The zero-order valence-electron chi connectivity index (χ0n) is 17.8. The van der Waals surface area contributed by atoms with E-state index in [-0.39, 0.29) is 7.43 Å². The summed E-state index contributed by atoms with van der Waals surface area (Å²) in [7, 11) is 7.71. The number of nitrogens with zero attached hydrogens (tertiary/aromatic N) is 2. The van der Waals surface area contributed by atoms with Crippen LogP contribution in [0.2, 0.25) is 0 Å². The number of hydrogen-bond acceptors (Lipinski definition) is 4. The van der Waals surface area contributed by atoms with Gasteiger partial charge in [-0.15, -0.1) is 0 Å². The maximum absolute atomic E-state index is 5.29. The number of piperidine rings is 1. The second-order valence-corrected chi connectivity index (χ2v) is 7.95. The Labute approximate surface area is 177 Å². The van der Waals surface area contributed by atoms with E-state index in [4.69, 9.17) is 9.47 Å². The first-order valence-corrected chi connectivity index (χ1v) is 10.3. The van der Waals surface area contributed by atoms with Gasteiger partial charge in [0.25, 0.3) is 0 Å². The molecule has 29 heavy (non-hydrogen) atoms. The highest BCUT2D eigenvalue weighted by molar-refractivity contribution is 5.48. The Kier molecular flexibility index (Phi) is 8.99. The van der Waals surface area contributed by atoms with Crippen molar-refractivity contribution in [1.29, 1.82) is 0 Å². The quantitative estimate of drug-likeness (QED) is 0.740. The third-order valence-electron chi connectivity index (χ3n) is 5.90. The highest BCUT2D eigenvalue weighted by Gasteiger charge is 2.18. The van der Waals surface area contributed by atoms with Crippen molar-refractivity contribution in [3.63, 3.8) is 0 Å². The van der Waals surface area contributed by atoms with Gasteiger partial charge in [0, 0.05) is 13.1 Å². The lowest BCUT2D eigenvalue weighted by Crippen LogP contribution is -2.29. The van der Waals surface area contributed by atoms with Gasteiger partial charge in [-0.25, -0.2) is 0 Å². The minimum atomic E-state index is 0. The lowest BCUT2D eigenvalue weighted by Gasteiger charge is -2.29. The lowest BCUT2D eigenvalue weighted by molar-refractivity contribution is 0.255. The molecule has 4 heteroatoms. The van der Waals surface area contributed by atoms with E-state index in [2.05, 4.69) is 66.4 Å². The van der Waals surface area contributed by atoms with Crippen LogP contribution in [0.4, 0.5) is 0 Å². The van der Waals surface area contributed by atoms with E-state index in [1.807, 2.05) is 0 Å². The number of fused-ring (bicyclic) bond motifs is 1. The van der Waals surface area contributed by atoms with Crippen LogP contribution in [0, 0.1) is 0 Å². The summed E-state index contributed by atoms with van der Waals surface area (Å²) in [6.45, 7) is 4.61. The van der Waals surface area contributed by atoms with Crippen LogP contribution in [0.5, 0.6) is 11.5 Å². The van der Waals surface area contributed by atoms with Gasteiger partial charge in [0.2, 0.25) is 0 Å². The van der Waals surface area contributed by atoms with E-state index in [1.54, 1.807) is 14.2 Å². The molecular formula is C25H38N2O2. The number of hydrogen-bond donors (Lipinski definition) is 0. The monoisotopic (exact) mass is 398 g/mol. The van der Waals surface area contributed by atoms with Gasteiger partial charge in [-0.3, -0.25) is 0 Å². The Morgan fingerprint density at radius 3 is 1.97 bits per heavy atom. The van der Waals surface area contributed by atoms with Gasteiger partial charge in [0.05, 0.1) is 14.2 Å². The Morgan fingerprint density at radius 2 is 1.38 bits per heavy atom. The zero-order chi connectivity index (χ0) is 19.9. The predicted molar refractivity (Wildman–Crippen MR) is 122 cm³/mol. The van der Waals surface area contributed by atoms with Gasteiger partial charge in [0.15, 0.2) is 11.5 Å². The molecule has 2 aliphatic heterocycles. The average molecular weight is 399 g/mol. The first-order chi connectivity index (χ1) is 13.6. The molecule has 0 saturated carbocycles. The highest BCUT2D eigenvalue weighted by atomic mass is 16.5. The Hall–Kier alpha value is -2.04. The summed E-state index contributed by atoms with van der Waals surface area (Å²) in [5, 5.41) is 0. The van der Waals surface area contributed by atoms with Crippen molar-refractivity contribution >= 4 is 0 Å². The summed E-state index contributed by atoms with van der Waals surface area (Å²) in [6, 6.07) is 15.1. The van der Waals surface area contributed by atoms with Gasteiger partial charge in [-0.05, 0) is 81.2 Å². The first kappa shape index (κ1) is 23.2. The van der Waals surface area contributed by atoms with Gasteiger partial charge >= 0.3 is 0 Å². The standard InChI is InChI=1S/C12H17NO2.C12H17N.CH4/c1-13-5-4-9-6-11(14-2)12(15-3)7-10(9)8-13;1-13-9-7-12(8-10-13)11-5-3-2-4-6-11;/h6-7H,4-5,8H2,1-3H3;2-6,12H,7-10H2,1H3;1H4. The molecule has 160 valence electrons. The second kappa shape index (κ2) is 11.2. The van der Waals surface area contributed by atoms with Gasteiger partial charge in [0.1, 0.15) is 0 Å². The number of likely N-dealkylation sites (N-methyl/N-ethyl adjacent to an activating group) is 1. The molecule has 0 atom stereocenters. The lowest BCUT2D eigenvalue weighted by atomic mass is 9.90. The van der Waals surface area contributed by atoms with Crippen molar-refractivity contribution in [1.82, 2.24) is 9.80 Å². The van der Waals surface area contributed by atoms with Crippen LogP contribution in [0.25, 0.3) is 0 Å². The van der Waals surface area contributed by atoms with Crippen LogP contribution >= 0.6 is 0 Å². The third kappa shape index (κ3) is 6.22. The molecule has 0 aliphatic carbocycles. The molecule has 0 radical (unpaired) electrons. The fraction of sp³-hybridized carbons (Fsp3) is 0.520. The number of benzene rings is 2. The van der Waals surface area contributed by atoms with E-state index >= 15 is 0 Å². The fourth-order valence-corrected chi connectivity index (χ4v) is 4.09. The average Bonchev–Trinajstić information content (AvgIpc) is 2.74. The molecule has 2 aromatic carbocycles. The normalized spacial score (nSPS) is 17.4. The van der Waals surface area contributed by atoms with Crippen LogP contribution in [-0.2, 0) is 13.0 Å². The van der Waals surface area contributed by atoms with Crippen molar-refractivity contribution in [2.24, 2.45) is 0 Å². The minimum absolute atomic E-state index is 0. The molecule has 0 N–H and O–H groups in total. The second-order valence-electron chi connectivity index (χ2n) is 7.95. The van der Waals surface area contributed by atoms with Crippen molar-refractivity contribution in [2.75, 3.05) is 47.9 Å². The Balaban J connectivity index is 0.000000202. The van der Waals surface area contributed by atoms with Crippen LogP contribution in [0.15, 0.2) is 42.5 Å². The summed E-state index contributed by atoms with van der Waals surface area (Å²) in [4.78, 5) is 4.73. The Bertz CT molecular complexity index is 740. The number of likely N-dealkylation sites (tertiary alicyclic amines) is 1. The smallest absolute Gasteiger partial charge is 0.161 e. The van der Waals surface area contributed by atoms with Crippen molar-refractivity contribution < 1.29 is 9.47 Å². The molecule has 1 saturated heterocycles. The van der Waals surface area contributed by atoms with Crippen LogP contribution < -0.4 is 9.47 Å². The van der Waals surface area contributed by atoms with E-state index in [9.17, 15) is 0 Å². The SMILES string of the molecule is C.CN1CCC(c2ccccc2)CC1.COc1cc2c(cc1OC)CN(C)CC2. The Morgan fingerprint density at radius 1 is 0.793 bits per heavy atom. The molecule has 0 amide bonds. The topological polar surface area (TPSA) is 24.9 Å². The maximum atomic E-state index is 5.29. The molecular weight excluding hydrogens is 360 g/mol. The van der Waals surface area contributed by atoms with Gasteiger partial charge in [-0.2, -0.15) is 0 Å². The zero-order valence-corrected chi connectivity index (χ0v) is 17.8. The molecule has 2 aliphatic rings. The van der Waals surface area contributed by atoms with E-state index in [0.717, 1.165) is 36.9 Å². The van der Waals surface area contributed by atoms with Gasteiger partial charge in [-0.1, -0.05) is 37.8 Å². The van der Waals surface area contributed by atoms with E-state index in [1.165, 1.54) is 42.6 Å². The third-order valence-corrected chi connectivity index (χ3v) is 5.90. The molecule has 4 nitrogen and oxygen atoms in total. The predicted octanol–water partition coefficient (Wildman–Crippen LogP) is 4.82. The fourth-order valence-electron chi connectivity index (χ4n) is 4.09. The van der Waals surface area contributed by atoms with Crippen LogP contribution in [0.1, 0.15) is 42.9 Å². The highest BCUT2D eigenvalue weighted by Crippen LogP contribution is 2.32.